The molecule has 1 heterocycles. The second kappa shape index (κ2) is 4.75. The summed E-state index contributed by atoms with van der Waals surface area (Å²) in [5, 5.41) is 0. The lowest BCUT2D eigenvalue weighted by Gasteiger charge is -2.37. The summed E-state index contributed by atoms with van der Waals surface area (Å²) >= 11 is 0. The quantitative estimate of drug-likeness (QED) is 0.751. The summed E-state index contributed by atoms with van der Waals surface area (Å²) in [6.45, 7) is 1.35. The lowest BCUT2D eigenvalue weighted by molar-refractivity contribution is -0.181. The molecule has 1 saturated heterocycles. The van der Waals surface area contributed by atoms with Crippen molar-refractivity contribution in [3.8, 4) is 0 Å². The van der Waals surface area contributed by atoms with Gasteiger partial charge >= 0.3 is 0 Å². The van der Waals surface area contributed by atoms with E-state index in [-0.39, 0.29) is 0 Å². The van der Waals surface area contributed by atoms with Crippen LogP contribution in [0.5, 0.6) is 0 Å². The molecule has 0 radical (unpaired) electrons. The van der Waals surface area contributed by atoms with Crippen LogP contribution in [-0.4, -0.2) is 20.3 Å². The third-order valence-electron chi connectivity index (χ3n) is 3.68. The van der Waals surface area contributed by atoms with Crippen LogP contribution >= 0.6 is 0 Å². The average Bonchev–Trinajstić information content (AvgIpc) is 2.86. The fourth-order valence-electron chi connectivity index (χ4n) is 2.93. The molecular formula is C15H18O3. The van der Waals surface area contributed by atoms with Gasteiger partial charge in [0.25, 0.3) is 0 Å². The molecule has 0 N–H and O–H groups in total. The molecular weight excluding hydrogens is 228 g/mol. The number of rotatable bonds is 2. The van der Waals surface area contributed by atoms with Crippen LogP contribution in [0.2, 0.25) is 0 Å². The van der Waals surface area contributed by atoms with Crippen molar-refractivity contribution >= 4 is 0 Å². The number of hydrogen-bond donors (Lipinski definition) is 0. The number of allylic oxidation sites excluding steroid dienone is 1. The predicted octanol–water partition coefficient (Wildman–Crippen LogP) is 2.61. The van der Waals surface area contributed by atoms with E-state index >= 15 is 0 Å². The second-order valence-electron chi connectivity index (χ2n) is 4.84. The van der Waals surface area contributed by atoms with Crippen LogP contribution in [0.3, 0.4) is 0 Å². The number of methoxy groups -OCH3 is 1. The van der Waals surface area contributed by atoms with Gasteiger partial charge in [-0.2, -0.15) is 0 Å². The van der Waals surface area contributed by atoms with Gasteiger partial charge in [0.05, 0.1) is 26.6 Å². The molecule has 1 fully saturated rings. The Hall–Kier alpha value is -1.32. The van der Waals surface area contributed by atoms with Crippen molar-refractivity contribution in [1.29, 1.82) is 0 Å². The van der Waals surface area contributed by atoms with Crippen molar-refractivity contribution < 1.29 is 14.2 Å². The Kier molecular flexibility index (Phi) is 3.10. The van der Waals surface area contributed by atoms with Crippen LogP contribution in [0.4, 0.5) is 0 Å². The van der Waals surface area contributed by atoms with Crippen LogP contribution in [-0.2, 0) is 26.4 Å². The first kappa shape index (κ1) is 11.8. The number of ether oxygens (including phenoxy) is 3. The van der Waals surface area contributed by atoms with E-state index in [1.807, 2.05) is 0 Å². The lowest BCUT2D eigenvalue weighted by Crippen LogP contribution is -2.35. The largest absolute Gasteiger partial charge is 0.505 e. The summed E-state index contributed by atoms with van der Waals surface area (Å²) in [7, 11) is 1.67. The normalized spacial score (nSPS) is 25.5. The molecule has 1 aromatic rings. The molecule has 1 aliphatic carbocycles. The highest BCUT2D eigenvalue weighted by molar-refractivity contribution is 5.35. The van der Waals surface area contributed by atoms with E-state index in [1.165, 1.54) is 11.1 Å². The third kappa shape index (κ3) is 1.93. The third-order valence-corrected chi connectivity index (χ3v) is 3.68. The van der Waals surface area contributed by atoms with Crippen molar-refractivity contribution in [2.45, 2.75) is 18.6 Å². The fourth-order valence-corrected chi connectivity index (χ4v) is 2.93. The summed E-state index contributed by atoms with van der Waals surface area (Å²) in [4.78, 5) is 0. The van der Waals surface area contributed by atoms with E-state index in [1.54, 1.807) is 13.4 Å². The van der Waals surface area contributed by atoms with Gasteiger partial charge in [-0.05, 0) is 24.0 Å². The molecule has 96 valence electrons. The summed E-state index contributed by atoms with van der Waals surface area (Å²) < 4.78 is 16.9. The molecule has 3 nitrogen and oxygen atoms in total. The standard InChI is InChI=1S/C15H18O3/c1-16-7-6-12-10-13-4-2-3-5-14(13)15(11-12)17-8-9-18-15/h2-7,12H,8-11H2,1H3/t12-/m1/s1. The van der Waals surface area contributed by atoms with Crippen molar-refractivity contribution in [2.24, 2.45) is 5.92 Å². The average molecular weight is 246 g/mol. The van der Waals surface area contributed by atoms with Gasteiger partial charge in [-0.15, -0.1) is 0 Å². The first-order valence-corrected chi connectivity index (χ1v) is 6.40. The Morgan fingerprint density at radius 1 is 1.28 bits per heavy atom. The van der Waals surface area contributed by atoms with Gasteiger partial charge < -0.3 is 14.2 Å². The minimum Gasteiger partial charge on any atom is -0.505 e. The molecule has 1 atom stereocenters. The van der Waals surface area contributed by atoms with Gasteiger partial charge in [0.1, 0.15) is 0 Å². The fraction of sp³-hybridized carbons (Fsp3) is 0.467. The maximum Gasteiger partial charge on any atom is 0.195 e. The van der Waals surface area contributed by atoms with Crippen LogP contribution < -0.4 is 0 Å². The highest BCUT2D eigenvalue weighted by atomic mass is 16.7. The molecule has 0 aromatic heterocycles. The maximum atomic E-state index is 5.92. The van der Waals surface area contributed by atoms with E-state index in [9.17, 15) is 0 Å². The van der Waals surface area contributed by atoms with Gasteiger partial charge in [-0.25, -0.2) is 0 Å². The van der Waals surface area contributed by atoms with Crippen LogP contribution in [0.1, 0.15) is 17.5 Å². The van der Waals surface area contributed by atoms with E-state index in [2.05, 4.69) is 30.3 Å². The molecule has 1 spiro atoms. The van der Waals surface area contributed by atoms with Gasteiger partial charge in [0, 0.05) is 12.0 Å². The Morgan fingerprint density at radius 3 is 2.83 bits per heavy atom. The minimum atomic E-state index is -0.530. The number of benzene rings is 1. The van der Waals surface area contributed by atoms with Crippen molar-refractivity contribution in [3.05, 3.63) is 47.7 Å². The van der Waals surface area contributed by atoms with E-state index in [4.69, 9.17) is 14.2 Å². The monoisotopic (exact) mass is 246 g/mol. The second-order valence-corrected chi connectivity index (χ2v) is 4.84. The zero-order valence-electron chi connectivity index (χ0n) is 10.6. The van der Waals surface area contributed by atoms with Gasteiger partial charge in [-0.1, -0.05) is 24.3 Å². The number of fused-ring (bicyclic) bond motifs is 2. The molecule has 1 aliphatic heterocycles. The van der Waals surface area contributed by atoms with Gasteiger partial charge in [0.2, 0.25) is 0 Å². The molecule has 0 saturated carbocycles. The molecule has 18 heavy (non-hydrogen) atoms. The zero-order chi connectivity index (χ0) is 12.4. The Morgan fingerprint density at radius 2 is 2.06 bits per heavy atom. The number of hydrogen-bond acceptors (Lipinski definition) is 3. The lowest BCUT2D eigenvalue weighted by atomic mass is 9.79. The maximum absolute atomic E-state index is 5.92. The van der Waals surface area contributed by atoms with Crippen LogP contribution in [0, 0.1) is 5.92 Å². The zero-order valence-corrected chi connectivity index (χ0v) is 10.6. The van der Waals surface area contributed by atoms with Crippen molar-refractivity contribution in [3.63, 3.8) is 0 Å². The smallest absolute Gasteiger partial charge is 0.195 e. The Balaban J connectivity index is 1.96. The summed E-state index contributed by atoms with van der Waals surface area (Å²) in [5.41, 5.74) is 2.51. The van der Waals surface area contributed by atoms with Crippen LogP contribution in [0.15, 0.2) is 36.6 Å². The SMILES string of the molecule is COC=C[C@@H]1Cc2ccccc2C2(C1)OCCO2. The predicted molar refractivity (Wildman–Crippen MR) is 68.0 cm³/mol. The topological polar surface area (TPSA) is 27.7 Å². The molecule has 0 bridgehead atoms. The highest BCUT2D eigenvalue weighted by Gasteiger charge is 2.44. The highest BCUT2D eigenvalue weighted by Crippen LogP contribution is 2.44. The van der Waals surface area contributed by atoms with E-state index in [0.717, 1.165) is 12.8 Å². The van der Waals surface area contributed by atoms with Crippen LogP contribution in [0.25, 0.3) is 0 Å². The first-order valence-electron chi connectivity index (χ1n) is 6.40. The summed E-state index contributed by atoms with van der Waals surface area (Å²) in [6.07, 6.45) is 5.73. The summed E-state index contributed by atoms with van der Waals surface area (Å²) in [5.74, 6) is -0.129. The molecule has 0 unspecified atom stereocenters. The van der Waals surface area contributed by atoms with Gasteiger partial charge in [0.15, 0.2) is 5.79 Å². The molecule has 3 rings (SSSR count). The summed E-state index contributed by atoms with van der Waals surface area (Å²) in [6, 6.07) is 8.41. The minimum absolute atomic E-state index is 0.401. The Bertz CT molecular complexity index is 447. The molecule has 2 aliphatic rings. The van der Waals surface area contributed by atoms with Crippen molar-refractivity contribution in [1.82, 2.24) is 0 Å². The van der Waals surface area contributed by atoms with Crippen molar-refractivity contribution in [2.75, 3.05) is 20.3 Å². The first-order chi connectivity index (χ1) is 8.84. The van der Waals surface area contributed by atoms with E-state index in [0.29, 0.717) is 19.1 Å². The molecule has 3 heteroatoms. The van der Waals surface area contributed by atoms with E-state index < -0.39 is 5.79 Å². The molecule has 0 amide bonds. The van der Waals surface area contributed by atoms with Gasteiger partial charge in [-0.3, -0.25) is 0 Å². The molecule has 1 aromatic carbocycles. The Labute approximate surface area is 107 Å².